The first kappa shape index (κ1) is 17.2. The van der Waals surface area contributed by atoms with Crippen LogP contribution in [0.5, 0.6) is 0 Å². The molecule has 0 fully saturated rings. The highest BCUT2D eigenvalue weighted by Gasteiger charge is 2.40. The van der Waals surface area contributed by atoms with Crippen LogP contribution in [-0.4, -0.2) is 30.6 Å². The summed E-state index contributed by atoms with van der Waals surface area (Å²) < 4.78 is 0. The molecule has 0 heterocycles. The van der Waals surface area contributed by atoms with Gasteiger partial charge in [0.25, 0.3) is 0 Å². The van der Waals surface area contributed by atoms with E-state index >= 15 is 0 Å². The largest absolute Gasteiger partial charge is 0.386 e. The van der Waals surface area contributed by atoms with Crippen LogP contribution in [0.4, 0.5) is 0 Å². The molecule has 3 nitrogen and oxygen atoms in total. The molecule has 2 aromatic carbocycles. The number of nitriles is 1. The molecule has 0 aromatic heterocycles. The molecule has 3 heteroatoms. The van der Waals surface area contributed by atoms with Crippen molar-refractivity contribution < 1.29 is 5.11 Å². The van der Waals surface area contributed by atoms with Crippen LogP contribution in [0.3, 0.4) is 0 Å². The Labute approximate surface area is 138 Å². The van der Waals surface area contributed by atoms with Gasteiger partial charge in [0.2, 0.25) is 0 Å². The van der Waals surface area contributed by atoms with Crippen molar-refractivity contribution >= 4 is 0 Å². The lowest BCUT2D eigenvalue weighted by atomic mass is 9.71. The van der Waals surface area contributed by atoms with Gasteiger partial charge in [-0.3, -0.25) is 0 Å². The smallest absolute Gasteiger partial charge is 0.112 e. The van der Waals surface area contributed by atoms with Gasteiger partial charge < -0.3 is 10.0 Å². The molecule has 23 heavy (non-hydrogen) atoms. The first-order valence-corrected chi connectivity index (χ1v) is 7.94. The van der Waals surface area contributed by atoms with E-state index in [1.54, 1.807) is 0 Å². The van der Waals surface area contributed by atoms with Crippen molar-refractivity contribution in [1.82, 2.24) is 4.90 Å². The lowest BCUT2D eigenvalue weighted by Crippen LogP contribution is -2.33. The molecule has 120 valence electrons. The lowest BCUT2D eigenvalue weighted by molar-refractivity contribution is 0.102. The second-order valence-corrected chi connectivity index (χ2v) is 6.17. The summed E-state index contributed by atoms with van der Waals surface area (Å²) in [6.45, 7) is 0.887. The Hall–Kier alpha value is -2.15. The van der Waals surface area contributed by atoms with Gasteiger partial charge in [-0.1, -0.05) is 60.7 Å². The van der Waals surface area contributed by atoms with Crippen LogP contribution >= 0.6 is 0 Å². The Kier molecular flexibility index (Phi) is 5.92. The highest BCUT2D eigenvalue weighted by Crippen LogP contribution is 2.40. The zero-order chi connectivity index (χ0) is 16.7. The predicted octanol–water partition coefficient (Wildman–Crippen LogP) is 3.52. The van der Waals surface area contributed by atoms with Crippen LogP contribution in [0.25, 0.3) is 0 Å². The normalized spacial score (nSPS) is 14.9. The van der Waals surface area contributed by atoms with Crippen LogP contribution in [0.15, 0.2) is 60.7 Å². The third-order valence-electron chi connectivity index (χ3n) is 4.25. The Morgan fingerprint density at radius 1 is 1.04 bits per heavy atom. The van der Waals surface area contributed by atoms with Gasteiger partial charge >= 0.3 is 0 Å². The summed E-state index contributed by atoms with van der Waals surface area (Å²) in [5, 5.41) is 21.0. The SMILES string of the molecule is CN(C)CCCC(C#N)(c1ccccc1)C(O)c1ccccc1. The molecule has 0 bridgehead atoms. The molecule has 2 atom stereocenters. The molecular formula is C20H24N2O. The molecule has 0 amide bonds. The number of aliphatic hydroxyl groups excluding tert-OH is 1. The monoisotopic (exact) mass is 308 g/mol. The Bertz CT molecular complexity index is 634. The Morgan fingerprint density at radius 2 is 1.61 bits per heavy atom. The summed E-state index contributed by atoms with van der Waals surface area (Å²) in [5.41, 5.74) is 0.721. The molecule has 0 aliphatic heterocycles. The third-order valence-corrected chi connectivity index (χ3v) is 4.25. The number of aliphatic hydroxyl groups is 1. The van der Waals surface area contributed by atoms with Crippen molar-refractivity contribution in [1.29, 1.82) is 5.26 Å². The molecule has 2 aromatic rings. The second-order valence-electron chi connectivity index (χ2n) is 6.17. The molecule has 0 aliphatic carbocycles. The molecule has 1 N–H and O–H groups in total. The first-order valence-electron chi connectivity index (χ1n) is 7.94. The van der Waals surface area contributed by atoms with Gasteiger partial charge in [-0.2, -0.15) is 5.26 Å². The van der Waals surface area contributed by atoms with Crippen LogP contribution in [0.2, 0.25) is 0 Å². The van der Waals surface area contributed by atoms with E-state index in [0.717, 1.165) is 24.1 Å². The maximum absolute atomic E-state index is 11.0. The molecule has 2 rings (SSSR count). The molecule has 0 radical (unpaired) electrons. The third kappa shape index (κ3) is 3.98. The van der Waals surface area contributed by atoms with Crippen molar-refractivity contribution in [3.05, 3.63) is 71.8 Å². The lowest BCUT2D eigenvalue weighted by Gasteiger charge is -2.33. The van der Waals surface area contributed by atoms with Crippen LogP contribution in [-0.2, 0) is 5.41 Å². The van der Waals surface area contributed by atoms with E-state index in [0.29, 0.717) is 6.42 Å². The van der Waals surface area contributed by atoms with Crippen molar-refractivity contribution in [3.8, 4) is 6.07 Å². The summed E-state index contributed by atoms with van der Waals surface area (Å²) in [6.07, 6.45) is 0.611. The highest BCUT2D eigenvalue weighted by molar-refractivity contribution is 5.38. The van der Waals surface area contributed by atoms with E-state index in [1.807, 2.05) is 74.8 Å². The molecule has 2 unspecified atom stereocenters. The zero-order valence-electron chi connectivity index (χ0n) is 13.8. The van der Waals surface area contributed by atoms with Crippen molar-refractivity contribution in [2.75, 3.05) is 20.6 Å². The predicted molar refractivity (Wildman–Crippen MR) is 92.9 cm³/mol. The van der Waals surface area contributed by atoms with Crippen molar-refractivity contribution in [2.45, 2.75) is 24.4 Å². The summed E-state index contributed by atoms with van der Waals surface area (Å²) in [6, 6.07) is 21.5. The fourth-order valence-corrected chi connectivity index (χ4v) is 2.95. The zero-order valence-corrected chi connectivity index (χ0v) is 13.8. The van der Waals surface area contributed by atoms with Gasteiger partial charge in [-0.05, 0) is 44.6 Å². The topological polar surface area (TPSA) is 47.3 Å². The quantitative estimate of drug-likeness (QED) is 0.851. The molecule has 0 saturated heterocycles. The van der Waals surface area contributed by atoms with E-state index in [-0.39, 0.29) is 0 Å². The van der Waals surface area contributed by atoms with E-state index in [1.165, 1.54) is 0 Å². The van der Waals surface area contributed by atoms with Crippen LogP contribution < -0.4 is 0 Å². The van der Waals surface area contributed by atoms with Gasteiger partial charge in [0, 0.05) is 0 Å². The van der Waals surface area contributed by atoms with E-state index in [2.05, 4.69) is 11.0 Å². The molecule has 0 aliphatic rings. The minimum atomic E-state index is -0.932. The number of nitrogens with zero attached hydrogens (tertiary/aromatic N) is 2. The van der Waals surface area contributed by atoms with E-state index in [9.17, 15) is 10.4 Å². The number of rotatable bonds is 7. The average molecular weight is 308 g/mol. The summed E-state index contributed by atoms with van der Waals surface area (Å²) in [7, 11) is 4.04. The number of hydrogen-bond acceptors (Lipinski definition) is 3. The van der Waals surface area contributed by atoms with E-state index < -0.39 is 11.5 Å². The standard InChI is InChI=1S/C20H24N2O/c1-22(2)15-9-14-20(16-21,18-12-7-4-8-13-18)19(23)17-10-5-3-6-11-17/h3-8,10-13,19,23H,9,14-15H2,1-2H3. The highest BCUT2D eigenvalue weighted by atomic mass is 16.3. The van der Waals surface area contributed by atoms with Gasteiger partial charge in [-0.25, -0.2) is 0 Å². The minimum absolute atomic E-state index is 0.613. The fraction of sp³-hybridized carbons (Fsp3) is 0.350. The maximum atomic E-state index is 11.0. The number of benzene rings is 2. The Morgan fingerprint density at radius 3 is 2.13 bits per heavy atom. The second kappa shape index (κ2) is 7.92. The van der Waals surface area contributed by atoms with Crippen LogP contribution in [0, 0.1) is 11.3 Å². The molecule has 0 spiro atoms. The first-order chi connectivity index (χ1) is 11.1. The minimum Gasteiger partial charge on any atom is -0.386 e. The van der Waals surface area contributed by atoms with Gasteiger partial charge in [-0.15, -0.1) is 0 Å². The van der Waals surface area contributed by atoms with Gasteiger partial charge in [0.05, 0.1) is 6.07 Å². The molecular weight excluding hydrogens is 284 g/mol. The number of hydrogen-bond donors (Lipinski definition) is 1. The Balaban J connectivity index is 2.39. The van der Waals surface area contributed by atoms with E-state index in [4.69, 9.17) is 0 Å². The summed E-state index contributed by atoms with van der Waals surface area (Å²) in [4.78, 5) is 2.10. The fourth-order valence-electron chi connectivity index (χ4n) is 2.95. The maximum Gasteiger partial charge on any atom is 0.112 e. The summed E-state index contributed by atoms with van der Waals surface area (Å²) >= 11 is 0. The molecule has 0 saturated carbocycles. The van der Waals surface area contributed by atoms with Crippen LogP contribution in [0.1, 0.15) is 30.1 Å². The summed E-state index contributed by atoms with van der Waals surface area (Å²) in [5.74, 6) is 0. The van der Waals surface area contributed by atoms with Gasteiger partial charge in [0.1, 0.15) is 11.5 Å². The van der Waals surface area contributed by atoms with Crippen molar-refractivity contribution in [2.24, 2.45) is 0 Å². The van der Waals surface area contributed by atoms with Gasteiger partial charge in [0.15, 0.2) is 0 Å². The van der Waals surface area contributed by atoms with Crippen molar-refractivity contribution in [3.63, 3.8) is 0 Å². The average Bonchev–Trinajstić information content (AvgIpc) is 2.60.